The molecule has 0 bridgehead atoms. The van der Waals surface area contributed by atoms with Crippen LogP contribution in [0.2, 0.25) is 12.6 Å². The van der Waals surface area contributed by atoms with Gasteiger partial charge in [-0.2, -0.15) is 0 Å². The molecule has 0 amide bonds. The highest BCUT2D eigenvalue weighted by atomic mass is 28.3. The summed E-state index contributed by atoms with van der Waals surface area (Å²) < 4.78 is 0. The number of hydrogen-bond acceptors (Lipinski definition) is 0. The third-order valence-electron chi connectivity index (χ3n) is 4.00. The highest BCUT2D eigenvalue weighted by molar-refractivity contribution is 6.84. The third-order valence-corrected chi connectivity index (χ3v) is 8.74. The second kappa shape index (κ2) is 5.01. The molecule has 2 unspecified atom stereocenters. The summed E-state index contributed by atoms with van der Waals surface area (Å²) >= 11 is 0. The maximum absolute atomic E-state index is 2.56. The molecule has 0 nitrogen and oxygen atoms in total. The van der Waals surface area contributed by atoms with Crippen molar-refractivity contribution in [2.24, 2.45) is 0 Å². The van der Waals surface area contributed by atoms with Crippen molar-refractivity contribution >= 4 is 8.07 Å². The van der Waals surface area contributed by atoms with E-state index in [2.05, 4.69) is 55.6 Å². The largest absolute Gasteiger partial charge is 0.0981 e. The predicted octanol–water partition coefficient (Wildman–Crippen LogP) is 4.69. The second-order valence-electron chi connectivity index (χ2n) is 5.21. The number of benzene rings is 1. The minimum absolute atomic E-state index is 0.846. The summed E-state index contributed by atoms with van der Waals surface area (Å²) in [4.78, 5) is 0. The van der Waals surface area contributed by atoms with Crippen molar-refractivity contribution in [2.45, 2.75) is 44.3 Å². The third kappa shape index (κ3) is 2.30. The Labute approximate surface area is 100 Å². The molecule has 0 radical (unpaired) electrons. The lowest BCUT2D eigenvalue weighted by atomic mass is 10.1. The summed E-state index contributed by atoms with van der Waals surface area (Å²) in [7, 11) is -1.19. The summed E-state index contributed by atoms with van der Waals surface area (Å²) in [6.45, 7) is 4.73. The predicted molar refractivity (Wildman–Crippen MR) is 74.3 cm³/mol. The Morgan fingerprint density at radius 3 is 2.62 bits per heavy atom. The molecule has 2 atom stereocenters. The fraction of sp³-hybridized carbons (Fsp3) is 0.467. The van der Waals surface area contributed by atoms with Gasteiger partial charge in [-0.05, 0) is 24.4 Å². The van der Waals surface area contributed by atoms with Crippen LogP contribution >= 0.6 is 0 Å². The molecule has 0 aromatic heterocycles. The van der Waals surface area contributed by atoms with Crippen molar-refractivity contribution in [2.75, 3.05) is 0 Å². The normalized spacial score (nSPS) is 30.8. The van der Waals surface area contributed by atoms with Gasteiger partial charge in [0.05, 0.1) is 8.07 Å². The lowest BCUT2D eigenvalue weighted by Crippen LogP contribution is -2.39. The van der Waals surface area contributed by atoms with Gasteiger partial charge in [0.15, 0.2) is 0 Å². The number of rotatable bonds is 2. The fourth-order valence-corrected chi connectivity index (χ4v) is 7.51. The summed E-state index contributed by atoms with van der Waals surface area (Å²) in [5.41, 5.74) is 4.98. The minimum atomic E-state index is -1.19. The summed E-state index contributed by atoms with van der Waals surface area (Å²) in [6.07, 6.45) is 6.54. The van der Waals surface area contributed by atoms with Gasteiger partial charge in [-0.15, -0.1) is 0 Å². The van der Waals surface area contributed by atoms with Crippen LogP contribution in [-0.2, 0) is 0 Å². The first-order valence-electron chi connectivity index (χ1n) is 6.45. The SMILES string of the molecule is CC=C[Si]1(C)CCCCC1c1ccccc1. The van der Waals surface area contributed by atoms with E-state index >= 15 is 0 Å². The van der Waals surface area contributed by atoms with Gasteiger partial charge in [0, 0.05) is 0 Å². The number of allylic oxidation sites excluding steroid dienone is 1. The molecule has 1 aromatic carbocycles. The van der Waals surface area contributed by atoms with Crippen LogP contribution in [-0.4, -0.2) is 8.07 Å². The molecular weight excluding hydrogens is 208 g/mol. The summed E-state index contributed by atoms with van der Waals surface area (Å²) in [5, 5.41) is 0. The van der Waals surface area contributed by atoms with Crippen LogP contribution < -0.4 is 0 Å². The van der Waals surface area contributed by atoms with Crippen molar-refractivity contribution in [1.29, 1.82) is 0 Å². The lowest BCUT2D eigenvalue weighted by Gasteiger charge is -2.38. The maximum Gasteiger partial charge on any atom is 0.0817 e. The molecule has 1 heterocycles. The van der Waals surface area contributed by atoms with Crippen LogP contribution in [0.1, 0.15) is 37.3 Å². The molecule has 1 aliphatic rings. The van der Waals surface area contributed by atoms with E-state index in [4.69, 9.17) is 0 Å². The highest BCUT2D eigenvalue weighted by Gasteiger charge is 2.36. The molecule has 1 aliphatic heterocycles. The van der Waals surface area contributed by atoms with Gasteiger partial charge >= 0.3 is 0 Å². The van der Waals surface area contributed by atoms with Gasteiger partial charge in [0.1, 0.15) is 0 Å². The summed E-state index contributed by atoms with van der Waals surface area (Å²) in [6, 6.07) is 12.6. The average Bonchev–Trinajstić information content (AvgIpc) is 2.31. The van der Waals surface area contributed by atoms with E-state index in [9.17, 15) is 0 Å². The number of hydrogen-bond donors (Lipinski definition) is 0. The van der Waals surface area contributed by atoms with Gasteiger partial charge < -0.3 is 0 Å². The molecule has 16 heavy (non-hydrogen) atoms. The van der Waals surface area contributed by atoms with Crippen LogP contribution in [0, 0.1) is 0 Å². The van der Waals surface area contributed by atoms with E-state index in [-0.39, 0.29) is 0 Å². The van der Waals surface area contributed by atoms with Crippen molar-refractivity contribution in [3.8, 4) is 0 Å². The Bertz CT molecular complexity index is 355. The highest BCUT2D eigenvalue weighted by Crippen LogP contribution is 2.40. The van der Waals surface area contributed by atoms with Gasteiger partial charge in [-0.3, -0.25) is 0 Å². The first-order chi connectivity index (χ1) is 7.76. The molecule has 1 heteroatoms. The standard InChI is InChI=1S/C15H22Si/c1-3-12-16(2)13-8-7-11-15(16)14-9-5-4-6-10-14/h3-6,9-10,12,15H,7-8,11,13H2,1-2H3. The molecule has 1 fully saturated rings. The molecule has 0 saturated carbocycles. The van der Waals surface area contributed by atoms with Gasteiger partial charge in [-0.1, -0.05) is 67.5 Å². The minimum Gasteiger partial charge on any atom is -0.0981 e. The van der Waals surface area contributed by atoms with Crippen molar-refractivity contribution in [1.82, 2.24) is 0 Å². The molecular formula is C15H22Si. The van der Waals surface area contributed by atoms with Gasteiger partial charge in [0.25, 0.3) is 0 Å². The molecule has 0 N–H and O–H groups in total. The quantitative estimate of drug-likeness (QED) is 0.647. The first-order valence-corrected chi connectivity index (χ1v) is 9.31. The Hall–Kier alpha value is -0.823. The Kier molecular flexibility index (Phi) is 3.65. The molecule has 2 rings (SSSR count). The first kappa shape index (κ1) is 11.7. The van der Waals surface area contributed by atoms with Crippen molar-refractivity contribution < 1.29 is 0 Å². The average molecular weight is 230 g/mol. The zero-order chi connectivity index (χ0) is 11.4. The van der Waals surface area contributed by atoms with Crippen LogP contribution in [0.3, 0.4) is 0 Å². The van der Waals surface area contributed by atoms with Gasteiger partial charge in [0.2, 0.25) is 0 Å². The molecule has 1 saturated heterocycles. The Balaban J connectivity index is 2.30. The van der Waals surface area contributed by atoms with E-state index in [1.54, 1.807) is 5.56 Å². The smallest absolute Gasteiger partial charge is 0.0817 e. The van der Waals surface area contributed by atoms with E-state index < -0.39 is 8.07 Å². The van der Waals surface area contributed by atoms with Crippen molar-refractivity contribution in [3.05, 3.63) is 47.7 Å². The fourth-order valence-electron chi connectivity index (χ4n) is 3.17. The monoisotopic (exact) mass is 230 g/mol. The molecule has 1 aromatic rings. The van der Waals surface area contributed by atoms with E-state index in [0.717, 1.165) is 5.54 Å². The zero-order valence-electron chi connectivity index (χ0n) is 10.4. The Morgan fingerprint density at radius 2 is 1.94 bits per heavy atom. The van der Waals surface area contributed by atoms with Crippen LogP contribution in [0.5, 0.6) is 0 Å². The summed E-state index contributed by atoms with van der Waals surface area (Å²) in [5.74, 6) is 0. The van der Waals surface area contributed by atoms with Crippen LogP contribution in [0.4, 0.5) is 0 Å². The molecule has 86 valence electrons. The second-order valence-corrected chi connectivity index (χ2v) is 9.76. The van der Waals surface area contributed by atoms with Gasteiger partial charge in [-0.25, -0.2) is 0 Å². The van der Waals surface area contributed by atoms with Crippen LogP contribution in [0.15, 0.2) is 42.1 Å². The van der Waals surface area contributed by atoms with Crippen molar-refractivity contribution in [3.63, 3.8) is 0 Å². The van der Waals surface area contributed by atoms with E-state index in [1.807, 2.05) is 0 Å². The molecule has 0 spiro atoms. The molecule has 0 aliphatic carbocycles. The van der Waals surface area contributed by atoms with Crippen LogP contribution in [0.25, 0.3) is 0 Å². The lowest BCUT2D eigenvalue weighted by molar-refractivity contribution is 0.637. The van der Waals surface area contributed by atoms with E-state index in [1.165, 1.54) is 25.3 Å². The van der Waals surface area contributed by atoms with E-state index in [0.29, 0.717) is 0 Å². The topological polar surface area (TPSA) is 0 Å². The maximum atomic E-state index is 2.56. The Morgan fingerprint density at radius 1 is 1.19 bits per heavy atom. The zero-order valence-corrected chi connectivity index (χ0v) is 11.4.